The molecule has 0 radical (unpaired) electrons. The Morgan fingerprint density at radius 2 is 1.62 bits per heavy atom. The van der Waals surface area contributed by atoms with Gasteiger partial charge >= 0.3 is 0 Å². The van der Waals surface area contributed by atoms with Gasteiger partial charge in [-0.05, 0) is 42.5 Å². The van der Waals surface area contributed by atoms with Crippen molar-refractivity contribution < 1.29 is 17.6 Å². The van der Waals surface area contributed by atoms with Crippen molar-refractivity contribution in [1.82, 2.24) is 4.90 Å². The number of nitrogens with zero attached hydrogens (tertiary/aromatic N) is 1. The molecule has 8 heteroatoms. The molecule has 0 heterocycles. The van der Waals surface area contributed by atoms with Gasteiger partial charge in [-0.3, -0.25) is 9.52 Å². The van der Waals surface area contributed by atoms with Crippen LogP contribution in [0.1, 0.15) is 15.9 Å². The summed E-state index contributed by atoms with van der Waals surface area (Å²) in [4.78, 5) is 14.2. The summed E-state index contributed by atoms with van der Waals surface area (Å²) in [6.45, 7) is 0.0454. The van der Waals surface area contributed by atoms with Crippen molar-refractivity contribution in [3.05, 3.63) is 94.8 Å². The van der Waals surface area contributed by atoms with Gasteiger partial charge in [-0.1, -0.05) is 41.9 Å². The first-order valence-corrected chi connectivity index (χ1v) is 10.5. The van der Waals surface area contributed by atoms with Crippen molar-refractivity contribution in [2.24, 2.45) is 0 Å². The van der Waals surface area contributed by atoms with E-state index in [1.54, 1.807) is 30.3 Å². The number of carbonyl (C=O) groups is 1. The van der Waals surface area contributed by atoms with Gasteiger partial charge in [-0.15, -0.1) is 0 Å². The lowest BCUT2D eigenvalue weighted by molar-refractivity contribution is 0.0785. The molecule has 0 aliphatic carbocycles. The zero-order valence-corrected chi connectivity index (χ0v) is 17.0. The van der Waals surface area contributed by atoms with E-state index in [1.807, 2.05) is 0 Å². The minimum Gasteiger partial charge on any atom is -0.337 e. The van der Waals surface area contributed by atoms with E-state index in [2.05, 4.69) is 4.72 Å². The van der Waals surface area contributed by atoms with Gasteiger partial charge in [-0.25, -0.2) is 12.8 Å². The van der Waals surface area contributed by atoms with Crippen LogP contribution >= 0.6 is 11.6 Å². The average molecular weight is 433 g/mol. The molecule has 1 N–H and O–H groups in total. The molecule has 3 aromatic carbocycles. The molecule has 0 fully saturated rings. The number of benzene rings is 3. The molecule has 5 nitrogen and oxygen atoms in total. The second-order valence-corrected chi connectivity index (χ2v) is 8.48. The van der Waals surface area contributed by atoms with Gasteiger partial charge in [0.15, 0.2) is 0 Å². The van der Waals surface area contributed by atoms with Crippen LogP contribution in [0.15, 0.2) is 77.7 Å². The summed E-state index contributed by atoms with van der Waals surface area (Å²) >= 11 is 5.81. The summed E-state index contributed by atoms with van der Waals surface area (Å²) in [5.41, 5.74) is 0.652. The summed E-state index contributed by atoms with van der Waals surface area (Å²) in [6, 6.07) is 18.1. The van der Waals surface area contributed by atoms with Gasteiger partial charge in [0.05, 0.1) is 16.1 Å². The normalized spacial score (nSPS) is 11.1. The van der Waals surface area contributed by atoms with Crippen molar-refractivity contribution >= 4 is 33.2 Å². The summed E-state index contributed by atoms with van der Waals surface area (Å²) in [5, 5.41) is 0.411. The average Bonchev–Trinajstić information content (AvgIpc) is 2.69. The first-order valence-electron chi connectivity index (χ1n) is 8.64. The van der Waals surface area contributed by atoms with E-state index in [1.165, 1.54) is 54.4 Å². The van der Waals surface area contributed by atoms with E-state index < -0.39 is 21.7 Å². The van der Waals surface area contributed by atoms with E-state index in [-0.39, 0.29) is 22.7 Å². The van der Waals surface area contributed by atoms with Crippen molar-refractivity contribution in [3.63, 3.8) is 0 Å². The van der Waals surface area contributed by atoms with Crippen molar-refractivity contribution in [3.8, 4) is 0 Å². The van der Waals surface area contributed by atoms with Crippen molar-refractivity contribution in [2.75, 3.05) is 11.8 Å². The van der Waals surface area contributed by atoms with Crippen LogP contribution in [0.5, 0.6) is 0 Å². The summed E-state index contributed by atoms with van der Waals surface area (Å²) in [7, 11) is -2.39. The topological polar surface area (TPSA) is 66.5 Å². The Kier molecular flexibility index (Phi) is 6.20. The summed E-state index contributed by atoms with van der Waals surface area (Å²) in [6.07, 6.45) is 0. The van der Waals surface area contributed by atoms with Crippen LogP contribution in [0.3, 0.4) is 0 Å². The Morgan fingerprint density at radius 3 is 2.31 bits per heavy atom. The summed E-state index contributed by atoms with van der Waals surface area (Å²) in [5.74, 6) is -0.855. The third kappa shape index (κ3) is 4.93. The highest BCUT2D eigenvalue weighted by atomic mass is 35.5. The van der Waals surface area contributed by atoms with Crippen molar-refractivity contribution in [2.45, 2.75) is 11.4 Å². The van der Waals surface area contributed by atoms with Gasteiger partial charge in [0, 0.05) is 24.2 Å². The monoisotopic (exact) mass is 432 g/mol. The number of amides is 1. The molecular formula is C21H18ClFN2O3S. The number of nitrogens with one attached hydrogen (secondary N) is 1. The fourth-order valence-corrected chi connectivity index (χ4v) is 3.94. The van der Waals surface area contributed by atoms with E-state index >= 15 is 0 Å². The molecule has 0 saturated carbocycles. The first-order chi connectivity index (χ1) is 13.8. The molecule has 1 amide bonds. The standard InChI is InChI=1S/C21H18ClFN2O3S/c1-25(14-15-6-2-4-8-19(15)23)21(26)18-7-3-5-9-20(18)24-29(27,28)17-12-10-16(22)11-13-17/h2-13,24H,14H2,1H3. The molecule has 0 aliphatic heterocycles. The van der Waals surface area contributed by atoms with E-state index in [0.717, 1.165) is 0 Å². The van der Waals surface area contributed by atoms with Gasteiger partial charge in [-0.2, -0.15) is 0 Å². The second-order valence-electron chi connectivity index (χ2n) is 6.36. The SMILES string of the molecule is CN(Cc1ccccc1F)C(=O)c1ccccc1NS(=O)(=O)c1ccc(Cl)cc1. The van der Waals surface area contributed by atoms with Crippen LogP contribution in [-0.2, 0) is 16.6 Å². The number of halogens is 2. The zero-order valence-electron chi connectivity index (χ0n) is 15.5. The highest BCUT2D eigenvalue weighted by molar-refractivity contribution is 7.92. The van der Waals surface area contributed by atoms with Gasteiger partial charge in [0.2, 0.25) is 0 Å². The number of sulfonamides is 1. The van der Waals surface area contributed by atoms with E-state index in [4.69, 9.17) is 11.6 Å². The Labute approximate surface area is 173 Å². The lowest BCUT2D eigenvalue weighted by Crippen LogP contribution is -2.28. The molecule has 3 rings (SSSR count). The fraction of sp³-hybridized carbons (Fsp3) is 0.0952. The fourth-order valence-electron chi connectivity index (χ4n) is 2.74. The predicted octanol–water partition coefficient (Wildman–Crippen LogP) is 4.55. The van der Waals surface area contributed by atoms with E-state index in [9.17, 15) is 17.6 Å². The third-order valence-electron chi connectivity index (χ3n) is 4.24. The Balaban J connectivity index is 1.85. The lowest BCUT2D eigenvalue weighted by Gasteiger charge is -2.20. The van der Waals surface area contributed by atoms with Gasteiger partial charge in [0.25, 0.3) is 15.9 Å². The summed E-state index contributed by atoms with van der Waals surface area (Å²) < 4.78 is 41.7. The molecule has 3 aromatic rings. The van der Waals surface area contributed by atoms with Crippen molar-refractivity contribution in [1.29, 1.82) is 0 Å². The van der Waals surface area contributed by atoms with Crippen LogP contribution in [0.25, 0.3) is 0 Å². The maximum atomic E-state index is 13.9. The molecular weight excluding hydrogens is 415 g/mol. The van der Waals surface area contributed by atoms with Gasteiger partial charge < -0.3 is 4.90 Å². The quantitative estimate of drug-likeness (QED) is 0.621. The molecule has 0 aromatic heterocycles. The predicted molar refractivity (Wildman–Crippen MR) is 111 cm³/mol. The minimum atomic E-state index is -3.92. The number of para-hydroxylation sites is 1. The Morgan fingerprint density at radius 1 is 1.00 bits per heavy atom. The van der Waals surface area contributed by atoms with E-state index in [0.29, 0.717) is 10.6 Å². The Hall–Kier alpha value is -2.90. The lowest BCUT2D eigenvalue weighted by atomic mass is 10.1. The zero-order chi connectivity index (χ0) is 21.0. The van der Waals surface area contributed by atoms with Gasteiger partial charge in [0.1, 0.15) is 5.82 Å². The highest BCUT2D eigenvalue weighted by Gasteiger charge is 2.21. The van der Waals surface area contributed by atoms with Crippen LogP contribution in [0, 0.1) is 5.82 Å². The molecule has 0 saturated heterocycles. The molecule has 0 atom stereocenters. The smallest absolute Gasteiger partial charge is 0.261 e. The molecule has 29 heavy (non-hydrogen) atoms. The maximum absolute atomic E-state index is 13.9. The number of rotatable bonds is 6. The molecule has 0 spiro atoms. The van der Waals surface area contributed by atoms with Crippen LogP contribution < -0.4 is 4.72 Å². The maximum Gasteiger partial charge on any atom is 0.261 e. The van der Waals surface area contributed by atoms with Crippen LogP contribution in [-0.4, -0.2) is 26.3 Å². The first kappa shape index (κ1) is 20.8. The molecule has 150 valence electrons. The third-order valence-corrected chi connectivity index (χ3v) is 5.87. The largest absolute Gasteiger partial charge is 0.337 e. The molecule has 0 unspecified atom stereocenters. The molecule has 0 bridgehead atoms. The Bertz CT molecular complexity index is 1130. The number of anilines is 1. The number of carbonyl (C=O) groups excluding carboxylic acids is 1. The second kappa shape index (κ2) is 8.63. The van der Waals surface area contributed by atoms with Crippen LogP contribution in [0.2, 0.25) is 5.02 Å². The number of hydrogen-bond donors (Lipinski definition) is 1. The highest BCUT2D eigenvalue weighted by Crippen LogP contribution is 2.23. The molecule has 0 aliphatic rings. The minimum absolute atomic E-state index is 0.0175. The number of hydrogen-bond acceptors (Lipinski definition) is 3. The van der Waals surface area contributed by atoms with Crippen LogP contribution in [0.4, 0.5) is 10.1 Å².